The number of aromatic nitrogens is 1. The van der Waals surface area contributed by atoms with Crippen LogP contribution < -0.4 is 16.0 Å². The molecule has 4 amide bonds. The van der Waals surface area contributed by atoms with E-state index in [1.165, 1.54) is 23.3 Å². The van der Waals surface area contributed by atoms with Crippen molar-refractivity contribution in [3.8, 4) is 0 Å². The summed E-state index contributed by atoms with van der Waals surface area (Å²) in [7, 11) is 8.73. The number of hydrogen-bond acceptors (Lipinski definition) is 10. The van der Waals surface area contributed by atoms with Crippen LogP contribution in [0.5, 0.6) is 0 Å². The number of methoxy groups -OCH3 is 2. The van der Waals surface area contributed by atoms with E-state index < -0.39 is 30.2 Å². The Bertz CT molecular complexity index is 1810. The lowest BCUT2D eigenvalue weighted by molar-refractivity contribution is -0.146. The van der Waals surface area contributed by atoms with Crippen molar-refractivity contribution in [2.45, 2.75) is 130 Å². The maximum absolute atomic E-state index is 14.3. The number of anilines is 1. The predicted molar refractivity (Wildman–Crippen MR) is 259 cm³/mol. The standard InChI is InChI=1S/C47H71N7O6S.C3H8/c1-11-32(4)43(53(8)41(56)30-50-46(58)42(31(2)3)52(7)26-23-34-19-21-36(48-6)22-20-34)39(59-9)29-40(55)54-25-15-18-38(54)44(60-10)33(5)45(57)51-37(47-49-24-27-61-47)28-35-16-13-12-14-17-35;1-3-2/h12-14,16-17,19-22,24,27,31-33,37-39,42-44,48H,11,15,18,23,25-26,28-30H2,1-10H3,(H,50,58)(H,51,57);3H2,1-2H3. The number of carbonyl (C=O) groups is 4. The summed E-state index contributed by atoms with van der Waals surface area (Å²) in [5.41, 5.74) is 3.32. The van der Waals surface area contributed by atoms with Gasteiger partial charge in [0.15, 0.2) is 0 Å². The summed E-state index contributed by atoms with van der Waals surface area (Å²) in [6.07, 6.45) is 5.50. The summed E-state index contributed by atoms with van der Waals surface area (Å²) >= 11 is 1.51. The molecule has 2 heterocycles. The zero-order valence-electron chi connectivity index (χ0n) is 40.8. The van der Waals surface area contributed by atoms with Crippen LogP contribution >= 0.6 is 11.3 Å². The van der Waals surface area contributed by atoms with Crippen molar-refractivity contribution in [1.82, 2.24) is 30.3 Å². The highest BCUT2D eigenvalue weighted by Crippen LogP contribution is 2.30. The molecule has 0 spiro atoms. The number of ether oxygens (including phenoxy) is 2. The first-order valence-electron chi connectivity index (χ1n) is 23.2. The number of nitrogens with one attached hydrogen (secondary N) is 3. The van der Waals surface area contributed by atoms with Crippen LogP contribution in [-0.4, -0.2) is 129 Å². The van der Waals surface area contributed by atoms with Gasteiger partial charge in [-0.05, 0) is 67.8 Å². The van der Waals surface area contributed by atoms with Gasteiger partial charge in [0.2, 0.25) is 23.6 Å². The number of likely N-dealkylation sites (tertiary alicyclic amines) is 1. The van der Waals surface area contributed by atoms with Crippen molar-refractivity contribution in [3.63, 3.8) is 0 Å². The minimum atomic E-state index is -0.608. The monoisotopic (exact) mass is 906 g/mol. The highest BCUT2D eigenvalue weighted by atomic mass is 32.1. The van der Waals surface area contributed by atoms with Gasteiger partial charge in [-0.25, -0.2) is 4.98 Å². The molecule has 1 fully saturated rings. The van der Waals surface area contributed by atoms with Gasteiger partial charge in [0, 0.05) is 58.7 Å². The van der Waals surface area contributed by atoms with Gasteiger partial charge in [-0.3, -0.25) is 24.1 Å². The van der Waals surface area contributed by atoms with Gasteiger partial charge in [0.1, 0.15) is 5.01 Å². The molecule has 4 rings (SSSR count). The molecule has 1 aromatic heterocycles. The average Bonchev–Trinajstić information content (AvgIpc) is 4.02. The quantitative estimate of drug-likeness (QED) is 0.0848. The van der Waals surface area contributed by atoms with Crippen LogP contribution in [0.25, 0.3) is 0 Å². The Labute approximate surface area is 388 Å². The van der Waals surface area contributed by atoms with Gasteiger partial charge in [-0.2, -0.15) is 0 Å². The first-order chi connectivity index (χ1) is 30.6. The summed E-state index contributed by atoms with van der Waals surface area (Å²) in [6, 6.07) is 16.8. The third-order valence-electron chi connectivity index (χ3n) is 12.4. The number of thiazole rings is 1. The second-order valence-corrected chi connectivity index (χ2v) is 18.5. The Kier molecular flexibility index (Phi) is 23.5. The van der Waals surface area contributed by atoms with E-state index in [0.29, 0.717) is 25.9 Å². The predicted octanol–water partition coefficient (Wildman–Crippen LogP) is 7.24. The third-order valence-corrected chi connectivity index (χ3v) is 13.3. The normalized spacial score (nSPS) is 17.0. The van der Waals surface area contributed by atoms with Gasteiger partial charge in [0.25, 0.3) is 0 Å². The van der Waals surface area contributed by atoms with E-state index in [9.17, 15) is 19.2 Å². The maximum atomic E-state index is 14.3. The van der Waals surface area contributed by atoms with Gasteiger partial charge >= 0.3 is 0 Å². The van der Waals surface area contributed by atoms with E-state index in [0.717, 1.165) is 35.5 Å². The number of rotatable bonds is 24. The minimum Gasteiger partial charge on any atom is -0.388 e. The lowest BCUT2D eigenvalue weighted by atomic mass is 9.90. The van der Waals surface area contributed by atoms with Gasteiger partial charge in [0.05, 0.1) is 55.3 Å². The molecular weight excluding hydrogens is 827 g/mol. The summed E-state index contributed by atoms with van der Waals surface area (Å²) in [5, 5.41) is 12.0. The van der Waals surface area contributed by atoms with Crippen molar-refractivity contribution in [3.05, 3.63) is 82.3 Å². The summed E-state index contributed by atoms with van der Waals surface area (Å²) in [4.78, 5) is 65.7. The number of benzene rings is 2. The maximum Gasteiger partial charge on any atom is 0.242 e. The van der Waals surface area contributed by atoms with Crippen molar-refractivity contribution in [1.29, 1.82) is 0 Å². The second-order valence-electron chi connectivity index (χ2n) is 17.6. The van der Waals surface area contributed by atoms with Crippen molar-refractivity contribution < 1.29 is 28.7 Å². The molecule has 64 heavy (non-hydrogen) atoms. The minimum absolute atomic E-state index is 0.00870. The third kappa shape index (κ3) is 15.7. The van der Waals surface area contributed by atoms with Crippen LogP contribution in [0.4, 0.5) is 5.69 Å². The summed E-state index contributed by atoms with van der Waals surface area (Å²) < 4.78 is 12.1. The molecule has 14 heteroatoms. The zero-order valence-corrected chi connectivity index (χ0v) is 41.6. The Morgan fingerprint density at radius 3 is 2.16 bits per heavy atom. The molecule has 356 valence electrons. The van der Waals surface area contributed by atoms with Crippen LogP contribution in [0, 0.1) is 17.8 Å². The molecule has 13 nitrogen and oxygen atoms in total. The Balaban J connectivity index is 0.00000353. The van der Waals surface area contributed by atoms with Gasteiger partial charge in [-0.1, -0.05) is 104 Å². The van der Waals surface area contributed by atoms with Crippen LogP contribution in [0.3, 0.4) is 0 Å². The first-order valence-corrected chi connectivity index (χ1v) is 24.1. The number of hydrogen-bond donors (Lipinski definition) is 3. The molecular formula is C50H79N7O6S. The molecule has 1 aliphatic heterocycles. The smallest absolute Gasteiger partial charge is 0.242 e. The van der Waals surface area contributed by atoms with Crippen LogP contribution in [0.2, 0.25) is 0 Å². The number of likely N-dealkylation sites (N-methyl/N-ethyl adjacent to an activating group) is 2. The average molecular weight is 906 g/mol. The van der Waals surface area contributed by atoms with Gasteiger partial charge < -0.3 is 35.2 Å². The van der Waals surface area contributed by atoms with E-state index in [-0.39, 0.29) is 60.5 Å². The lowest BCUT2D eigenvalue weighted by Gasteiger charge is -2.39. The van der Waals surface area contributed by atoms with Crippen LogP contribution in [0.15, 0.2) is 66.2 Å². The van der Waals surface area contributed by atoms with E-state index in [1.807, 2.05) is 92.5 Å². The lowest BCUT2D eigenvalue weighted by Crippen LogP contribution is -2.55. The number of amides is 4. The SMILES string of the molecule is CCC.CCC(C)C(C(CC(=O)N1CCCC1C(OC)C(C)C(=O)NC(Cc1ccccc1)c1nccs1)OC)N(C)C(=O)CNC(=O)C(C(C)C)N(C)CCc1ccc(NC)cc1. The van der Waals surface area contributed by atoms with Crippen LogP contribution in [-0.2, 0) is 41.5 Å². The second kappa shape index (κ2) is 27.8. The van der Waals surface area contributed by atoms with Gasteiger partial charge in [-0.15, -0.1) is 11.3 Å². The fourth-order valence-electron chi connectivity index (χ4n) is 8.77. The van der Waals surface area contributed by atoms with E-state index >= 15 is 0 Å². The fraction of sp³-hybridized carbons (Fsp3) is 0.620. The molecule has 1 aliphatic rings. The first kappa shape index (κ1) is 54.0. The number of nitrogens with zero attached hydrogens (tertiary/aromatic N) is 4. The molecule has 3 N–H and O–H groups in total. The van der Waals surface area contributed by atoms with Crippen molar-refractivity contribution >= 4 is 40.7 Å². The molecule has 0 radical (unpaired) electrons. The fourth-order valence-corrected chi connectivity index (χ4v) is 9.46. The number of carbonyl (C=O) groups excluding carboxylic acids is 4. The topological polar surface area (TPSA) is 145 Å². The summed E-state index contributed by atoms with van der Waals surface area (Å²) in [5.74, 6) is -1.28. The van der Waals surface area contributed by atoms with E-state index in [1.54, 1.807) is 32.4 Å². The van der Waals surface area contributed by atoms with E-state index in [2.05, 4.69) is 60.8 Å². The van der Waals surface area contributed by atoms with Crippen LogP contribution in [0.1, 0.15) is 103 Å². The largest absolute Gasteiger partial charge is 0.388 e. The molecule has 3 aromatic rings. The Hall–Kier alpha value is -4.37. The van der Waals surface area contributed by atoms with Crippen molar-refractivity contribution in [2.75, 3.05) is 60.3 Å². The highest BCUT2D eigenvalue weighted by molar-refractivity contribution is 7.09. The van der Waals surface area contributed by atoms with Crippen molar-refractivity contribution in [2.24, 2.45) is 17.8 Å². The molecule has 8 atom stereocenters. The molecule has 0 aliphatic carbocycles. The highest BCUT2D eigenvalue weighted by Gasteiger charge is 2.42. The Morgan fingerprint density at radius 2 is 1.59 bits per heavy atom. The molecule has 0 saturated carbocycles. The zero-order chi connectivity index (χ0) is 47.3. The molecule has 1 saturated heterocycles. The summed E-state index contributed by atoms with van der Waals surface area (Å²) in [6.45, 7) is 15.3. The molecule has 8 unspecified atom stereocenters. The molecule has 0 bridgehead atoms. The van der Waals surface area contributed by atoms with E-state index in [4.69, 9.17) is 9.47 Å². The molecule has 2 aromatic carbocycles. The Morgan fingerprint density at radius 1 is 0.922 bits per heavy atom.